The van der Waals surface area contributed by atoms with E-state index in [1.165, 1.54) is 6.33 Å². The summed E-state index contributed by atoms with van der Waals surface area (Å²) in [6, 6.07) is 7.46. The summed E-state index contributed by atoms with van der Waals surface area (Å²) in [5.41, 5.74) is 10.1. The number of imidazole rings is 2. The molecule has 138 valence electrons. The highest BCUT2D eigenvalue weighted by Crippen LogP contribution is 2.31. The van der Waals surface area contributed by atoms with Crippen LogP contribution in [0, 0.1) is 0 Å². The number of fused-ring (bicyclic) bond motifs is 2. The van der Waals surface area contributed by atoms with Crippen LogP contribution in [0.25, 0.3) is 28.2 Å². The van der Waals surface area contributed by atoms with Gasteiger partial charge in [0.25, 0.3) is 0 Å². The van der Waals surface area contributed by atoms with Crippen LogP contribution in [-0.4, -0.2) is 39.1 Å². The first-order valence-corrected chi connectivity index (χ1v) is 8.90. The smallest absolute Gasteiger partial charge is 0.165 e. The van der Waals surface area contributed by atoms with E-state index < -0.39 is 0 Å². The molecule has 0 aromatic carbocycles. The minimum absolute atomic E-state index is 0.163. The van der Waals surface area contributed by atoms with Crippen molar-refractivity contribution in [3.8, 4) is 11.4 Å². The predicted octanol–water partition coefficient (Wildman–Crippen LogP) is 2.78. The molecule has 0 aliphatic carbocycles. The Bertz CT molecular complexity index is 1310. The summed E-state index contributed by atoms with van der Waals surface area (Å²) in [5.74, 6) is 0.342. The lowest BCUT2D eigenvalue weighted by Gasteiger charge is -2.18. The predicted molar refractivity (Wildman–Crippen MR) is 105 cm³/mol. The highest BCUT2D eigenvalue weighted by Gasteiger charge is 2.21. The van der Waals surface area contributed by atoms with Gasteiger partial charge in [0.1, 0.15) is 17.5 Å². The fourth-order valence-electron chi connectivity index (χ4n) is 3.22. The topological polar surface area (TPSA) is 113 Å². The molecule has 5 aromatic rings. The van der Waals surface area contributed by atoms with E-state index in [9.17, 15) is 0 Å². The zero-order valence-corrected chi connectivity index (χ0v) is 15.5. The van der Waals surface area contributed by atoms with Crippen LogP contribution in [0.5, 0.6) is 0 Å². The molecule has 9 nitrogen and oxygen atoms in total. The van der Waals surface area contributed by atoms with Crippen molar-refractivity contribution in [1.29, 1.82) is 0 Å². The van der Waals surface area contributed by atoms with Gasteiger partial charge in [-0.25, -0.2) is 24.5 Å². The maximum atomic E-state index is 6.23. The van der Waals surface area contributed by atoms with Crippen LogP contribution in [0.15, 0.2) is 49.3 Å². The SMILES string of the molecule is C[C@@H](c1cc2ncc(Cl)n2nc1-c1ccccn1)n1cnc2c(N)ncnc21. The molecule has 0 unspecified atom stereocenters. The van der Waals surface area contributed by atoms with E-state index in [2.05, 4.69) is 24.9 Å². The molecular weight excluding hydrogens is 378 g/mol. The van der Waals surface area contributed by atoms with Crippen LogP contribution in [0.3, 0.4) is 0 Å². The van der Waals surface area contributed by atoms with Crippen LogP contribution in [-0.2, 0) is 0 Å². The van der Waals surface area contributed by atoms with Crippen LogP contribution in [0.4, 0.5) is 5.82 Å². The van der Waals surface area contributed by atoms with E-state index >= 15 is 0 Å². The number of hydrogen-bond acceptors (Lipinski definition) is 7. The second-order valence-electron chi connectivity index (χ2n) is 6.27. The van der Waals surface area contributed by atoms with Crippen LogP contribution < -0.4 is 5.73 Å². The fraction of sp³-hybridized carbons (Fsp3) is 0.111. The molecule has 5 heterocycles. The van der Waals surface area contributed by atoms with Gasteiger partial charge in [-0.3, -0.25) is 4.98 Å². The molecule has 10 heteroatoms. The van der Waals surface area contributed by atoms with Crippen molar-refractivity contribution >= 4 is 34.2 Å². The summed E-state index contributed by atoms with van der Waals surface area (Å²) >= 11 is 6.23. The van der Waals surface area contributed by atoms with Gasteiger partial charge in [-0.15, -0.1) is 0 Å². The van der Waals surface area contributed by atoms with Crippen LogP contribution in [0.1, 0.15) is 18.5 Å². The average molecular weight is 392 g/mol. The second kappa shape index (κ2) is 6.24. The maximum absolute atomic E-state index is 6.23. The molecule has 0 radical (unpaired) electrons. The number of anilines is 1. The zero-order valence-electron chi connectivity index (χ0n) is 14.7. The maximum Gasteiger partial charge on any atom is 0.165 e. The number of nitrogens with two attached hydrogens (primary N) is 1. The first-order chi connectivity index (χ1) is 13.6. The summed E-state index contributed by atoms with van der Waals surface area (Å²) in [5, 5.41) is 5.13. The summed E-state index contributed by atoms with van der Waals surface area (Å²) in [7, 11) is 0. The fourth-order valence-corrected chi connectivity index (χ4v) is 3.40. The lowest BCUT2D eigenvalue weighted by Crippen LogP contribution is -2.11. The van der Waals surface area contributed by atoms with E-state index in [0.29, 0.717) is 33.5 Å². The van der Waals surface area contributed by atoms with E-state index in [0.717, 1.165) is 11.3 Å². The van der Waals surface area contributed by atoms with Gasteiger partial charge in [0.15, 0.2) is 22.3 Å². The number of rotatable bonds is 3. The molecule has 0 saturated heterocycles. The Morgan fingerprint density at radius 3 is 2.82 bits per heavy atom. The largest absolute Gasteiger partial charge is 0.382 e. The van der Waals surface area contributed by atoms with E-state index in [4.69, 9.17) is 22.4 Å². The quantitative estimate of drug-likeness (QED) is 0.503. The van der Waals surface area contributed by atoms with Crippen molar-refractivity contribution in [2.75, 3.05) is 5.73 Å². The molecule has 0 aliphatic heterocycles. The first-order valence-electron chi connectivity index (χ1n) is 8.52. The minimum Gasteiger partial charge on any atom is -0.382 e. The van der Waals surface area contributed by atoms with Gasteiger partial charge >= 0.3 is 0 Å². The Kier molecular flexibility index (Phi) is 3.69. The third-order valence-electron chi connectivity index (χ3n) is 4.64. The van der Waals surface area contributed by atoms with E-state index in [-0.39, 0.29) is 6.04 Å². The van der Waals surface area contributed by atoms with Crippen molar-refractivity contribution in [2.45, 2.75) is 13.0 Å². The Balaban J connectivity index is 1.76. The molecule has 0 bridgehead atoms. The van der Waals surface area contributed by atoms with Gasteiger partial charge in [-0.05, 0) is 25.1 Å². The molecular formula is C18H14ClN9. The van der Waals surface area contributed by atoms with Crippen LogP contribution >= 0.6 is 11.6 Å². The molecule has 0 amide bonds. The van der Waals surface area contributed by atoms with Gasteiger partial charge in [0, 0.05) is 11.8 Å². The zero-order chi connectivity index (χ0) is 19.3. The highest BCUT2D eigenvalue weighted by atomic mass is 35.5. The molecule has 2 N–H and O–H groups in total. The summed E-state index contributed by atoms with van der Waals surface area (Å²) < 4.78 is 3.52. The lowest BCUT2D eigenvalue weighted by atomic mass is 10.0. The van der Waals surface area contributed by atoms with Gasteiger partial charge in [-0.1, -0.05) is 17.7 Å². The second-order valence-corrected chi connectivity index (χ2v) is 6.66. The lowest BCUT2D eigenvalue weighted by molar-refractivity contribution is 0.647. The molecule has 5 rings (SSSR count). The number of nitrogen functional groups attached to an aromatic ring is 1. The number of nitrogens with zero attached hydrogens (tertiary/aromatic N) is 8. The van der Waals surface area contributed by atoms with Crippen LogP contribution in [0.2, 0.25) is 5.15 Å². The van der Waals surface area contributed by atoms with E-state index in [1.807, 2.05) is 35.8 Å². The standard InChI is InChI=1S/C18H14ClN9/c1-10(27-9-25-16-17(20)23-8-24-18(16)27)11-6-14-22-7-13(19)28(14)26-15(11)12-4-2-3-5-21-12/h2-10H,1H3,(H2,20,23,24)/t10-/m0/s1. The van der Waals surface area contributed by atoms with E-state index in [1.54, 1.807) is 23.2 Å². The normalized spacial score (nSPS) is 12.6. The van der Waals surface area contributed by atoms with Gasteiger partial charge < -0.3 is 10.3 Å². The van der Waals surface area contributed by atoms with Gasteiger partial charge in [-0.2, -0.15) is 5.10 Å². The summed E-state index contributed by atoms with van der Waals surface area (Å²) in [4.78, 5) is 21.5. The van der Waals surface area contributed by atoms with Gasteiger partial charge in [0.05, 0.1) is 24.3 Å². The Morgan fingerprint density at radius 1 is 1.11 bits per heavy atom. The molecule has 0 aliphatic rings. The number of pyridine rings is 1. The molecule has 0 spiro atoms. The summed E-state index contributed by atoms with van der Waals surface area (Å²) in [6.45, 7) is 2.03. The third-order valence-corrected chi connectivity index (χ3v) is 4.90. The van der Waals surface area contributed by atoms with Crippen molar-refractivity contribution in [1.82, 2.24) is 39.1 Å². The number of halogens is 1. The molecule has 0 saturated carbocycles. The molecule has 5 aromatic heterocycles. The first kappa shape index (κ1) is 16.6. The Hall–Kier alpha value is -3.59. The monoisotopic (exact) mass is 391 g/mol. The summed E-state index contributed by atoms with van der Waals surface area (Å²) in [6.07, 6.45) is 6.43. The Morgan fingerprint density at radius 2 is 2.00 bits per heavy atom. The van der Waals surface area contributed by atoms with Crippen molar-refractivity contribution in [3.63, 3.8) is 0 Å². The van der Waals surface area contributed by atoms with Gasteiger partial charge in [0.2, 0.25) is 0 Å². The third kappa shape index (κ3) is 2.48. The molecule has 0 fully saturated rings. The minimum atomic E-state index is -0.163. The average Bonchev–Trinajstić information content (AvgIpc) is 3.32. The molecule has 1 atom stereocenters. The Labute approximate surface area is 163 Å². The number of hydrogen-bond donors (Lipinski definition) is 1. The van der Waals surface area contributed by atoms with Crippen molar-refractivity contribution in [2.24, 2.45) is 0 Å². The van der Waals surface area contributed by atoms with Crippen molar-refractivity contribution in [3.05, 3.63) is 60.0 Å². The highest BCUT2D eigenvalue weighted by molar-refractivity contribution is 6.29. The number of aromatic nitrogens is 8. The van der Waals surface area contributed by atoms with Crippen molar-refractivity contribution < 1.29 is 0 Å². The molecule has 28 heavy (non-hydrogen) atoms.